The molecular weight excluding hydrogens is 216 g/mol. The molecule has 15 heavy (non-hydrogen) atoms. The van der Waals surface area contributed by atoms with Crippen molar-refractivity contribution in [2.45, 2.75) is 0 Å². The number of hydrogen-bond acceptors (Lipinski definition) is 3. The Morgan fingerprint density at radius 3 is 2.87 bits per heavy atom. The Bertz CT molecular complexity index is 468. The molecule has 2 aromatic heterocycles. The molecule has 76 valence electrons. The molecule has 0 aliphatic heterocycles. The van der Waals surface area contributed by atoms with Gasteiger partial charge in [-0.3, -0.25) is 4.79 Å². The topological polar surface area (TPSA) is 55.1 Å². The second-order valence-corrected chi connectivity index (χ2v) is 3.16. The van der Waals surface area contributed by atoms with Gasteiger partial charge in [0.25, 0.3) is 5.91 Å². The zero-order valence-corrected chi connectivity index (χ0v) is 8.36. The van der Waals surface area contributed by atoms with Crippen molar-refractivity contribution >= 4 is 23.3 Å². The van der Waals surface area contributed by atoms with Crippen molar-refractivity contribution in [2.75, 3.05) is 5.32 Å². The van der Waals surface area contributed by atoms with Crippen LogP contribution in [-0.4, -0.2) is 10.9 Å². The molecule has 2 aromatic rings. The highest BCUT2D eigenvalue weighted by molar-refractivity contribution is 6.29. The van der Waals surface area contributed by atoms with E-state index in [0.717, 1.165) is 0 Å². The first-order valence-corrected chi connectivity index (χ1v) is 4.61. The van der Waals surface area contributed by atoms with Gasteiger partial charge in [-0.1, -0.05) is 17.7 Å². The number of furan rings is 1. The number of aromatic nitrogens is 1. The molecule has 5 heteroatoms. The summed E-state index contributed by atoms with van der Waals surface area (Å²) in [6.07, 6.45) is 1.43. The number of amides is 1. The molecule has 4 nitrogen and oxygen atoms in total. The van der Waals surface area contributed by atoms with E-state index in [1.807, 2.05) is 0 Å². The summed E-state index contributed by atoms with van der Waals surface area (Å²) in [4.78, 5) is 15.4. The van der Waals surface area contributed by atoms with E-state index in [-0.39, 0.29) is 11.7 Å². The van der Waals surface area contributed by atoms with E-state index in [1.54, 1.807) is 30.3 Å². The van der Waals surface area contributed by atoms with E-state index in [0.29, 0.717) is 11.0 Å². The first kappa shape index (κ1) is 9.73. The minimum absolute atomic E-state index is 0.233. The Kier molecular flexibility index (Phi) is 2.69. The summed E-state index contributed by atoms with van der Waals surface area (Å²) in [5.74, 6) is 0.274. The predicted octanol–water partition coefficient (Wildman–Crippen LogP) is 2.58. The molecule has 0 fully saturated rings. The summed E-state index contributed by atoms with van der Waals surface area (Å²) in [7, 11) is 0. The van der Waals surface area contributed by atoms with Crippen LogP contribution in [0.5, 0.6) is 0 Å². The van der Waals surface area contributed by atoms with Crippen molar-refractivity contribution in [2.24, 2.45) is 0 Å². The van der Waals surface area contributed by atoms with Gasteiger partial charge in [-0.25, -0.2) is 4.98 Å². The number of carbonyl (C=O) groups is 1. The summed E-state index contributed by atoms with van der Waals surface area (Å²) < 4.78 is 4.92. The Morgan fingerprint density at radius 1 is 1.33 bits per heavy atom. The Hall–Kier alpha value is -1.81. The molecule has 0 radical (unpaired) electrons. The maximum atomic E-state index is 11.5. The summed E-state index contributed by atoms with van der Waals surface area (Å²) in [6, 6.07) is 8.18. The summed E-state index contributed by atoms with van der Waals surface area (Å²) in [5.41, 5.74) is 0. The maximum Gasteiger partial charge on any atom is 0.292 e. The monoisotopic (exact) mass is 222 g/mol. The van der Waals surface area contributed by atoms with Crippen LogP contribution in [0.3, 0.4) is 0 Å². The molecule has 0 bridgehead atoms. The van der Waals surface area contributed by atoms with Crippen molar-refractivity contribution in [3.05, 3.63) is 47.5 Å². The van der Waals surface area contributed by atoms with Gasteiger partial charge in [0.15, 0.2) is 5.76 Å². The molecule has 1 amide bonds. The smallest absolute Gasteiger partial charge is 0.292 e. The average molecular weight is 223 g/mol. The van der Waals surface area contributed by atoms with E-state index >= 15 is 0 Å². The van der Waals surface area contributed by atoms with Crippen LogP contribution in [0, 0.1) is 0 Å². The van der Waals surface area contributed by atoms with Crippen molar-refractivity contribution in [3.63, 3.8) is 0 Å². The van der Waals surface area contributed by atoms with Crippen molar-refractivity contribution in [1.29, 1.82) is 0 Å². The van der Waals surface area contributed by atoms with E-state index in [1.165, 1.54) is 6.26 Å². The van der Waals surface area contributed by atoms with Crippen molar-refractivity contribution in [1.82, 2.24) is 4.98 Å². The van der Waals surface area contributed by atoms with Crippen LogP contribution < -0.4 is 5.32 Å². The zero-order chi connectivity index (χ0) is 10.7. The molecule has 1 N–H and O–H groups in total. The molecule has 0 spiro atoms. The highest BCUT2D eigenvalue weighted by Crippen LogP contribution is 2.10. The van der Waals surface area contributed by atoms with Gasteiger partial charge in [0.2, 0.25) is 0 Å². The number of anilines is 1. The van der Waals surface area contributed by atoms with Gasteiger partial charge in [0.1, 0.15) is 11.0 Å². The largest absolute Gasteiger partial charge is 0.459 e. The number of nitrogens with one attached hydrogen (secondary N) is 1. The van der Waals surface area contributed by atoms with Crippen molar-refractivity contribution in [3.8, 4) is 0 Å². The third-order valence-electron chi connectivity index (χ3n) is 1.70. The van der Waals surface area contributed by atoms with E-state index in [2.05, 4.69) is 10.3 Å². The van der Waals surface area contributed by atoms with Gasteiger partial charge in [-0.15, -0.1) is 0 Å². The van der Waals surface area contributed by atoms with Crippen LogP contribution in [0.4, 0.5) is 5.82 Å². The average Bonchev–Trinajstić information content (AvgIpc) is 2.70. The third-order valence-corrected chi connectivity index (χ3v) is 1.91. The van der Waals surface area contributed by atoms with Gasteiger partial charge in [0, 0.05) is 0 Å². The predicted molar refractivity (Wildman–Crippen MR) is 55.9 cm³/mol. The third kappa shape index (κ3) is 2.35. The highest BCUT2D eigenvalue weighted by atomic mass is 35.5. The van der Waals surface area contributed by atoms with Crippen LogP contribution in [0.1, 0.15) is 10.6 Å². The van der Waals surface area contributed by atoms with Gasteiger partial charge in [-0.2, -0.15) is 0 Å². The fourth-order valence-corrected chi connectivity index (χ4v) is 1.23. The fourth-order valence-electron chi connectivity index (χ4n) is 1.06. The molecule has 0 saturated carbocycles. The highest BCUT2D eigenvalue weighted by Gasteiger charge is 2.08. The lowest BCUT2D eigenvalue weighted by molar-refractivity contribution is 0.0996. The SMILES string of the molecule is O=C(Nc1cccc(Cl)n1)c1ccco1. The summed E-state index contributed by atoms with van der Waals surface area (Å²) in [6.45, 7) is 0. The number of halogens is 1. The lowest BCUT2D eigenvalue weighted by Crippen LogP contribution is -2.11. The normalized spacial score (nSPS) is 9.93. The maximum absolute atomic E-state index is 11.5. The van der Waals surface area contributed by atoms with E-state index < -0.39 is 0 Å². The molecule has 0 unspecified atom stereocenters. The molecular formula is C10H7ClN2O2. The van der Waals surface area contributed by atoms with Crippen LogP contribution in [0.15, 0.2) is 41.0 Å². The molecule has 0 aliphatic rings. The van der Waals surface area contributed by atoms with Gasteiger partial charge in [-0.05, 0) is 24.3 Å². The molecule has 0 aliphatic carbocycles. The first-order valence-electron chi connectivity index (χ1n) is 4.23. The van der Waals surface area contributed by atoms with Gasteiger partial charge < -0.3 is 9.73 Å². The molecule has 2 heterocycles. The lowest BCUT2D eigenvalue weighted by atomic mass is 10.4. The number of hydrogen-bond donors (Lipinski definition) is 1. The first-order chi connectivity index (χ1) is 7.25. The second kappa shape index (κ2) is 4.14. The molecule has 0 atom stereocenters. The van der Waals surface area contributed by atoms with Crippen LogP contribution in [-0.2, 0) is 0 Å². The quantitative estimate of drug-likeness (QED) is 0.795. The van der Waals surface area contributed by atoms with Gasteiger partial charge >= 0.3 is 0 Å². The lowest BCUT2D eigenvalue weighted by Gasteiger charge is -2.01. The Morgan fingerprint density at radius 2 is 2.20 bits per heavy atom. The van der Waals surface area contributed by atoms with Crippen LogP contribution in [0.2, 0.25) is 5.15 Å². The Labute approximate surface area is 90.9 Å². The van der Waals surface area contributed by atoms with E-state index in [9.17, 15) is 4.79 Å². The van der Waals surface area contributed by atoms with E-state index in [4.69, 9.17) is 16.0 Å². The van der Waals surface area contributed by atoms with Crippen LogP contribution >= 0.6 is 11.6 Å². The molecule has 0 saturated heterocycles. The summed E-state index contributed by atoms with van der Waals surface area (Å²) in [5, 5.41) is 2.88. The zero-order valence-electron chi connectivity index (χ0n) is 7.61. The minimum atomic E-state index is -0.352. The number of nitrogens with zero attached hydrogens (tertiary/aromatic N) is 1. The van der Waals surface area contributed by atoms with Crippen LogP contribution in [0.25, 0.3) is 0 Å². The number of rotatable bonds is 2. The minimum Gasteiger partial charge on any atom is -0.459 e. The standard InChI is InChI=1S/C10H7ClN2O2/c11-8-4-1-5-9(12-8)13-10(14)7-3-2-6-15-7/h1-6H,(H,12,13,14). The second-order valence-electron chi connectivity index (χ2n) is 2.78. The molecule has 2 rings (SSSR count). The number of pyridine rings is 1. The molecule has 0 aromatic carbocycles. The Balaban J connectivity index is 2.13. The summed E-state index contributed by atoms with van der Waals surface area (Å²) >= 11 is 5.67. The number of carbonyl (C=O) groups excluding carboxylic acids is 1. The van der Waals surface area contributed by atoms with Crippen molar-refractivity contribution < 1.29 is 9.21 Å². The van der Waals surface area contributed by atoms with Gasteiger partial charge in [0.05, 0.1) is 6.26 Å². The fraction of sp³-hybridized carbons (Fsp3) is 0.